The first-order valence-corrected chi connectivity index (χ1v) is 8.14. The number of rotatable bonds is 5. The minimum Gasteiger partial charge on any atom is -0.319 e. The molecule has 0 spiro atoms. The zero-order valence-electron chi connectivity index (χ0n) is 13.8. The van der Waals surface area contributed by atoms with Gasteiger partial charge in [0, 0.05) is 28.4 Å². The maximum absolute atomic E-state index is 12.4. The number of nitrogens with zero attached hydrogens (tertiary/aromatic N) is 3. The van der Waals surface area contributed by atoms with Crippen LogP contribution in [-0.4, -0.2) is 20.6 Å². The third-order valence-electron chi connectivity index (χ3n) is 3.93. The molecule has 0 aliphatic heterocycles. The van der Waals surface area contributed by atoms with E-state index in [4.69, 9.17) is 11.6 Å². The highest BCUT2D eigenvalue weighted by Gasteiger charge is 2.18. The lowest BCUT2D eigenvalue weighted by Gasteiger charge is -2.06. The van der Waals surface area contributed by atoms with E-state index in [-0.39, 0.29) is 11.3 Å². The molecule has 8 heteroatoms. The first-order valence-electron chi connectivity index (χ1n) is 7.77. The first kappa shape index (κ1) is 17.6. The molecule has 1 heterocycles. The van der Waals surface area contributed by atoms with Gasteiger partial charge in [-0.25, -0.2) is 0 Å². The Morgan fingerprint density at radius 2 is 2.04 bits per heavy atom. The number of hydrogen-bond donors (Lipinski definition) is 1. The van der Waals surface area contributed by atoms with Gasteiger partial charge in [0.2, 0.25) is 0 Å². The number of nitro benzene ring substituents is 1. The van der Waals surface area contributed by atoms with Gasteiger partial charge in [-0.15, -0.1) is 0 Å². The van der Waals surface area contributed by atoms with Crippen LogP contribution in [0.25, 0.3) is 0 Å². The van der Waals surface area contributed by atoms with E-state index >= 15 is 0 Å². The summed E-state index contributed by atoms with van der Waals surface area (Å²) >= 11 is 6.14. The normalized spacial score (nSPS) is 10.5. The highest BCUT2D eigenvalue weighted by atomic mass is 35.5. The zero-order valence-corrected chi connectivity index (χ0v) is 14.6. The Kier molecular flexibility index (Phi) is 4.99. The number of carbonyl (C=O) groups excluding carboxylic acids is 1. The summed E-state index contributed by atoms with van der Waals surface area (Å²) in [6, 6.07) is 11.8. The smallest absolute Gasteiger partial charge is 0.273 e. The SMILES string of the molecule is Cc1c(C(=O)Nc2cnn(Cc3ccccc3Cl)c2)cccc1[N+](=O)[O-]. The van der Waals surface area contributed by atoms with E-state index < -0.39 is 10.8 Å². The van der Waals surface area contributed by atoms with E-state index in [1.165, 1.54) is 18.3 Å². The molecule has 1 amide bonds. The van der Waals surface area contributed by atoms with Gasteiger partial charge in [0.25, 0.3) is 11.6 Å². The predicted octanol–water partition coefficient (Wildman–Crippen LogP) is 4.05. The molecule has 0 aliphatic rings. The number of benzene rings is 2. The molecule has 0 radical (unpaired) electrons. The summed E-state index contributed by atoms with van der Waals surface area (Å²) < 4.78 is 1.65. The molecular formula is C18H15ClN4O3. The molecule has 7 nitrogen and oxygen atoms in total. The number of hydrogen-bond acceptors (Lipinski definition) is 4. The summed E-state index contributed by atoms with van der Waals surface area (Å²) in [5, 5.41) is 18.6. The van der Waals surface area contributed by atoms with Crippen LogP contribution in [0, 0.1) is 17.0 Å². The van der Waals surface area contributed by atoms with Gasteiger partial charge in [0.1, 0.15) is 0 Å². The van der Waals surface area contributed by atoms with Crippen molar-refractivity contribution in [1.82, 2.24) is 9.78 Å². The lowest BCUT2D eigenvalue weighted by atomic mass is 10.1. The molecule has 0 unspecified atom stereocenters. The van der Waals surface area contributed by atoms with Crippen LogP contribution in [0.4, 0.5) is 11.4 Å². The number of nitrogens with one attached hydrogen (secondary N) is 1. The van der Waals surface area contributed by atoms with Crippen LogP contribution >= 0.6 is 11.6 Å². The van der Waals surface area contributed by atoms with E-state index in [0.29, 0.717) is 22.8 Å². The molecule has 3 rings (SSSR count). The van der Waals surface area contributed by atoms with E-state index in [9.17, 15) is 14.9 Å². The standard InChI is InChI=1S/C18H15ClN4O3/c1-12-15(6-4-8-17(12)23(25)26)18(24)21-14-9-20-22(11-14)10-13-5-2-3-7-16(13)19/h2-9,11H,10H2,1H3,(H,21,24). The van der Waals surface area contributed by atoms with Crippen molar-refractivity contribution in [2.45, 2.75) is 13.5 Å². The fraction of sp³-hybridized carbons (Fsp3) is 0.111. The fourth-order valence-corrected chi connectivity index (χ4v) is 2.78. The lowest BCUT2D eigenvalue weighted by molar-refractivity contribution is -0.385. The van der Waals surface area contributed by atoms with Crippen LogP contribution in [0.2, 0.25) is 5.02 Å². The molecule has 0 bridgehead atoms. The maximum Gasteiger partial charge on any atom is 0.273 e. The Balaban J connectivity index is 1.75. The second kappa shape index (κ2) is 7.37. The first-order chi connectivity index (χ1) is 12.5. The Morgan fingerprint density at radius 3 is 2.77 bits per heavy atom. The molecule has 2 aromatic carbocycles. The summed E-state index contributed by atoms with van der Waals surface area (Å²) in [5.41, 5.74) is 1.88. The number of anilines is 1. The number of aromatic nitrogens is 2. The summed E-state index contributed by atoms with van der Waals surface area (Å²) in [6.07, 6.45) is 3.19. The number of carbonyl (C=O) groups is 1. The van der Waals surface area contributed by atoms with Gasteiger partial charge in [0.05, 0.1) is 23.4 Å². The van der Waals surface area contributed by atoms with Gasteiger partial charge < -0.3 is 5.32 Å². The number of nitro groups is 1. The highest BCUT2D eigenvalue weighted by Crippen LogP contribution is 2.22. The monoisotopic (exact) mass is 370 g/mol. The van der Waals surface area contributed by atoms with Crippen LogP contribution in [-0.2, 0) is 6.54 Å². The lowest BCUT2D eigenvalue weighted by Crippen LogP contribution is -2.13. The summed E-state index contributed by atoms with van der Waals surface area (Å²) in [6.45, 7) is 2.01. The molecule has 3 aromatic rings. The predicted molar refractivity (Wildman–Crippen MR) is 98.6 cm³/mol. The average Bonchev–Trinajstić information content (AvgIpc) is 3.03. The Morgan fingerprint density at radius 1 is 1.27 bits per heavy atom. The van der Waals surface area contributed by atoms with E-state index in [1.807, 2.05) is 18.2 Å². The minimum atomic E-state index is -0.506. The topological polar surface area (TPSA) is 90.1 Å². The molecule has 0 saturated heterocycles. The molecule has 0 atom stereocenters. The summed E-state index contributed by atoms with van der Waals surface area (Å²) in [4.78, 5) is 22.9. The molecular weight excluding hydrogens is 356 g/mol. The average molecular weight is 371 g/mol. The van der Waals surface area contributed by atoms with Crippen molar-refractivity contribution < 1.29 is 9.72 Å². The van der Waals surface area contributed by atoms with Crippen molar-refractivity contribution in [3.05, 3.63) is 86.7 Å². The van der Waals surface area contributed by atoms with Gasteiger partial charge in [0.15, 0.2) is 0 Å². The molecule has 1 aromatic heterocycles. The Labute approximate surface area is 154 Å². The van der Waals surface area contributed by atoms with Gasteiger partial charge in [-0.3, -0.25) is 19.6 Å². The van der Waals surface area contributed by atoms with Crippen molar-refractivity contribution in [3.63, 3.8) is 0 Å². The van der Waals surface area contributed by atoms with Crippen LogP contribution in [0.5, 0.6) is 0 Å². The third-order valence-corrected chi connectivity index (χ3v) is 4.30. The molecule has 0 saturated carbocycles. The van der Waals surface area contributed by atoms with Crippen LogP contribution in [0.3, 0.4) is 0 Å². The van der Waals surface area contributed by atoms with Crippen LogP contribution in [0.15, 0.2) is 54.9 Å². The van der Waals surface area contributed by atoms with Crippen molar-refractivity contribution >= 4 is 28.9 Å². The van der Waals surface area contributed by atoms with Crippen molar-refractivity contribution in [3.8, 4) is 0 Å². The molecule has 0 aliphatic carbocycles. The number of amides is 1. The van der Waals surface area contributed by atoms with Crippen molar-refractivity contribution in [2.75, 3.05) is 5.32 Å². The zero-order chi connectivity index (χ0) is 18.7. The summed E-state index contributed by atoms with van der Waals surface area (Å²) in [5.74, 6) is -0.427. The highest BCUT2D eigenvalue weighted by molar-refractivity contribution is 6.31. The second-order valence-corrected chi connectivity index (χ2v) is 6.09. The van der Waals surface area contributed by atoms with Gasteiger partial charge >= 0.3 is 0 Å². The van der Waals surface area contributed by atoms with Crippen molar-refractivity contribution in [2.24, 2.45) is 0 Å². The van der Waals surface area contributed by atoms with Crippen LogP contribution in [0.1, 0.15) is 21.5 Å². The third kappa shape index (κ3) is 3.73. The van der Waals surface area contributed by atoms with E-state index in [2.05, 4.69) is 10.4 Å². The second-order valence-electron chi connectivity index (χ2n) is 5.68. The largest absolute Gasteiger partial charge is 0.319 e. The Hall–Kier alpha value is -3.19. The molecule has 26 heavy (non-hydrogen) atoms. The minimum absolute atomic E-state index is 0.0907. The van der Waals surface area contributed by atoms with Gasteiger partial charge in [-0.05, 0) is 24.6 Å². The van der Waals surface area contributed by atoms with Gasteiger partial charge in [-0.1, -0.05) is 35.9 Å². The van der Waals surface area contributed by atoms with Crippen LogP contribution < -0.4 is 5.32 Å². The van der Waals surface area contributed by atoms with E-state index in [0.717, 1.165) is 5.56 Å². The van der Waals surface area contributed by atoms with Gasteiger partial charge in [-0.2, -0.15) is 5.10 Å². The quantitative estimate of drug-likeness (QED) is 0.541. The maximum atomic E-state index is 12.4. The number of halogens is 1. The fourth-order valence-electron chi connectivity index (χ4n) is 2.58. The van der Waals surface area contributed by atoms with E-state index in [1.54, 1.807) is 29.9 Å². The Bertz CT molecular complexity index is 984. The molecule has 1 N–H and O–H groups in total. The van der Waals surface area contributed by atoms with Crippen molar-refractivity contribution in [1.29, 1.82) is 0 Å². The molecule has 132 valence electrons. The molecule has 0 fully saturated rings. The summed E-state index contributed by atoms with van der Waals surface area (Å²) in [7, 11) is 0.